The number of hydrogen-bond donors (Lipinski definition) is 1. The minimum Gasteiger partial charge on any atom is -0.414 e. The van der Waals surface area contributed by atoms with Gasteiger partial charge in [-0.3, -0.25) is 13.9 Å². The van der Waals surface area contributed by atoms with Crippen LogP contribution in [0.25, 0.3) is 0 Å². The van der Waals surface area contributed by atoms with Gasteiger partial charge >= 0.3 is 16.0 Å². The van der Waals surface area contributed by atoms with Crippen LogP contribution in [0.1, 0.15) is 32.6 Å². The molecule has 1 unspecified atom stereocenters. The van der Waals surface area contributed by atoms with Crippen molar-refractivity contribution in [2.45, 2.75) is 89.5 Å². The first-order valence-corrected chi connectivity index (χ1v) is 19.4. The van der Waals surface area contributed by atoms with E-state index in [-0.39, 0.29) is 17.5 Å². The second-order valence-corrected chi connectivity index (χ2v) is 22.4. The molecular formula is C21H38N4O8SSi2. The Morgan fingerprint density at radius 2 is 1.78 bits per heavy atom. The third-order valence-electron chi connectivity index (χ3n) is 6.96. The normalized spacial score (nSPS) is 28.6. The van der Waals surface area contributed by atoms with Gasteiger partial charge in [-0.2, -0.15) is 8.42 Å². The van der Waals surface area contributed by atoms with Gasteiger partial charge in [0.2, 0.25) is 5.60 Å². The quantitative estimate of drug-likeness (QED) is 0.506. The van der Waals surface area contributed by atoms with Crippen LogP contribution in [0.5, 0.6) is 0 Å². The van der Waals surface area contributed by atoms with Crippen LogP contribution in [0.4, 0.5) is 0 Å². The van der Waals surface area contributed by atoms with Crippen molar-refractivity contribution in [3.8, 4) is 0 Å². The summed E-state index contributed by atoms with van der Waals surface area (Å²) < 4.78 is 55.6. The van der Waals surface area contributed by atoms with Crippen LogP contribution in [-0.2, 0) is 35.1 Å². The Hall–Kier alpha value is -1.63. The number of nitrogens with zero attached hydrogens (tertiary/aromatic N) is 3. The molecule has 3 rings (SSSR count). The van der Waals surface area contributed by atoms with Crippen LogP contribution in [0.15, 0.2) is 20.2 Å². The standard InChI is InChI=1S/C21H38N4O8SSi2/c1-13-11-25(19(27)24(5)16(13)26)17-15(32-35(6,7)8)21(18(22)23-34(28,29)33-21)14(31-17)12-30-36(9,10)20(2,3)4/h11,14-15,17H,12H2,1-10H3,(H2,22,23)/t14-,15+,17-,21?/m1/s1. The second-order valence-electron chi connectivity index (χ2n) is 11.9. The summed E-state index contributed by atoms with van der Waals surface area (Å²) >= 11 is 0. The van der Waals surface area contributed by atoms with Gasteiger partial charge in [-0.05, 0) is 44.7 Å². The highest BCUT2D eigenvalue weighted by Gasteiger charge is 2.68. The number of nitrogens with two attached hydrogens (primary N) is 1. The Morgan fingerprint density at radius 1 is 1.19 bits per heavy atom. The van der Waals surface area contributed by atoms with E-state index in [4.69, 9.17) is 23.5 Å². The first-order chi connectivity index (χ1) is 16.1. The Kier molecular flexibility index (Phi) is 7.23. The summed E-state index contributed by atoms with van der Waals surface area (Å²) in [5.74, 6) is -0.327. The predicted molar refractivity (Wildman–Crippen MR) is 140 cm³/mol. The molecule has 1 aromatic rings. The third kappa shape index (κ3) is 5.06. The molecule has 4 atom stereocenters. The summed E-state index contributed by atoms with van der Waals surface area (Å²) in [7, 11) is -7.78. The predicted octanol–water partition coefficient (Wildman–Crippen LogP) is 1.37. The maximum atomic E-state index is 13.2. The van der Waals surface area contributed by atoms with Gasteiger partial charge in [-0.15, -0.1) is 4.40 Å². The van der Waals surface area contributed by atoms with Gasteiger partial charge in [0.25, 0.3) is 5.56 Å². The Bertz CT molecular complexity index is 1290. The fourth-order valence-corrected chi connectivity index (χ4v) is 7.11. The van der Waals surface area contributed by atoms with E-state index in [2.05, 4.69) is 25.2 Å². The molecule has 0 radical (unpaired) electrons. The maximum absolute atomic E-state index is 13.2. The molecule has 1 fully saturated rings. The van der Waals surface area contributed by atoms with Crippen molar-refractivity contribution in [3.05, 3.63) is 32.6 Å². The molecule has 1 saturated heterocycles. The molecule has 0 aliphatic carbocycles. The van der Waals surface area contributed by atoms with Crippen LogP contribution in [0, 0.1) is 6.92 Å². The van der Waals surface area contributed by atoms with Crippen LogP contribution >= 0.6 is 0 Å². The first-order valence-electron chi connectivity index (χ1n) is 11.7. The molecule has 3 heterocycles. The Balaban J connectivity index is 2.22. The minimum absolute atomic E-state index is 0.0657. The minimum atomic E-state index is -4.40. The maximum Gasteiger partial charge on any atom is 0.383 e. The highest BCUT2D eigenvalue weighted by Crippen LogP contribution is 2.47. The third-order valence-corrected chi connectivity index (χ3v) is 13.3. The zero-order chi connectivity index (χ0) is 27.6. The van der Waals surface area contributed by atoms with E-state index >= 15 is 0 Å². The first kappa shape index (κ1) is 28.9. The van der Waals surface area contributed by atoms with Crippen molar-refractivity contribution in [1.29, 1.82) is 0 Å². The molecule has 204 valence electrons. The van der Waals surface area contributed by atoms with Gasteiger partial charge in [0.15, 0.2) is 28.7 Å². The molecule has 36 heavy (non-hydrogen) atoms. The summed E-state index contributed by atoms with van der Waals surface area (Å²) in [5, 5.41) is -0.138. The molecular weight excluding hydrogens is 524 g/mol. The lowest BCUT2D eigenvalue weighted by Gasteiger charge is -2.39. The van der Waals surface area contributed by atoms with E-state index in [1.165, 1.54) is 17.8 Å². The lowest BCUT2D eigenvalue weighted by atomic mass is 9.91. The molecule has 1 spiro atoms. The zero-order valence-electron chi connectivity index (χ0n) is 22.6. The number of ether oxygens (including phenoxy) is 1. The molecule has 0 bridgehead atoms. The summed E-state index contributed by atoms with van der Waals surface area (Å²) in [6.07, 6.45) is -2.02. The van der Waals surface area contributed by atoms with Crippen LogP contribution in [-0.4, -0.2) is 64.4 Å². The van der Waals surface area contributed by atoms with Gasteiger partial charge in [0.05, 0.1) is 6.61 Å². The van der Waals surface area contributed by atoms with Gasteiger partial charge in [0.1, 0.15) is 12.2 Å². The van der Waals surface area contributed by atoms with E-state index in [0.717, 1.165) is 4.57 Å². The zero-order valence-corrected chi connectivity index (χ0v) is 25.4. The van der Waals surface area contributed by atoms with Gasteiger partial charge in [0, 0.05) is 18.8 Å². The lowest BCUT2D eigenvalue weighted by molar-refractivity contribution is -0.0531. The topological polar surface area (TPSA) is 153 Å². The Labute approximate surface area is 213 Å². The number of aromatic nitrogens is 2. The highest BCUT2D eigenvalue weighted by atomic mass is 32.2. The van der Waals surface area contributed by atoms with E-state index in [9.17, 15) is 18.0 Å². The summed E-state index contributed by atoms with van der Waals surface area (Å²) in [6.45, 7) is 17.5. The largest absolute Gasteiger partial charge is 0.414 e. The second kappa shape index (κ2) is 8.99. The summed E-state index contributed by atoms with van der Waals surface area (Å²) in [4.78, 5) is 25.5. The monoisotopic (exact) mass is 562 g/mol. The van der Waals surface area contributed by atoms with Crippen LogP contribution in [0.3, 0.4) is 0 Å². The van der Waals surface area contributed by atoms with E-state index in [1.807, 2.05) is 32.7 Å². The van der Waals surface area contributed by atoms with Gasteiger partial charge in [-0.1, -0.05) is 20.8 Å². The lowest BCUT2D eigenvalue weighted by Crippen LogP contribution is -2.61. The average molecular weight is 563 g/mol. The van der Waals surface area contributed by atoms with Crippen molar-refractivity contribution < 1.29 is 26.2 Å². The molecule has 0 amide bonds. The molecule has 0 aromatic carbocycles. The van der Waals surface area contributed by atoms with Crippen LogP contribution < -0.4 is 17.0 Å². The van der Waals surface area contributed by atoms with E-state index < -0.39 is 62.2 Å². The highest BCUT2D eigenvalue weighted by molar-refractivity contribution is 7.86. The molecule has 2 aliphatic heterocycles. The van der Waals surface area contributed by atoms with Gasteiger partial charge < -0.3 is 19.3 Å². The Morgan fingerprint density at radius 3 is 2.25 bits per heavy atom. The fraction of sp³-hybridized carbons (Fsp3) is 0.762. The molecule has 0 saturated carbocycles. The molecule has 2 N–H and O–H groups in total. The molecule has 15 heteroatoms. The van der Waals surface area contributed by atoms with Crippen molar-refractivity contribution in [2.24, 2.45) is 17.2 Å². The average Bonchev–Trinajstić information content (AvgIpc) is 3.12. The van der Waals surface area contributed by atoms with Crippen molar-refractivity contribution in [1.82, 2.24) is 9.13 Å². The fourth-order valence-electron chi connectivity index (χ4n) is 4.00. The van der Waals surface area contributed by atoms with E-state index in [0.29, 0.717) is 5.56 Å². The van der Waals surface area contributed by atoms with Crippen molar-refractivity contribution >= 4 is 32.8 Å². The van der Waals surface area contributed by atoms with Gasteiger partial charge in [-0.25, -0.2) is 8.98 Å². The summed E-state index contributed by atoms with van der Waals surface area (Å²) in [5.41, 5.74) is 3.59. The summed E-state index contributed by atoms with van der Waals surface area (Å²) in [6, 6.07) is 0. The number of hydrogen-bond acceptors (Lipinski definition) is 9. The molecule has 2 aliphatic rings. The molecule has 1 aromatic heterocycles. The van der Waals surface area contributed by atoms with E-state index in [1.54, 1.807) is 6.92 Å². The number of rotatable bonds is 6. The number of amidine groups is 1. The van der Waals surface area contributed by atoms with Crippen molar-refractivity contribution in [2.75, 3.05) is 6.61 Å². The van der Waals surface area contributed by atoms with Crippen LogP contribution in [0.2, 0.25) is 37.8 Å². The number of aryl methyl sites for hydroxylation is 1. The SMILES string of the molecule is Cc1cn([C@@H]2O[C@H](CO[Si](C)(C)C(C)(C)C)C3(OS(=O)(=O)N=C3N)[C@H]2O[Si](C)(C)C)c(=O)n(C)c1=O. The smallest absolute Gasteiger partial charge is 0.383 e. The van der Waals surface area contributed by atoms with Crippen molar-refractivity contribution in [3.63, 3.8) is 0 Å². The molecule has 12 nitrogen and oxygen atoms in total.